The number of hydrogen-bond acceptors (Lipinski definition) is 0. The van der Waals surface area contributed by atoms with Crippen molar-refractivity contribution in [3.63, 3.8) is 0 Å². The molecule has 0 spiro atoms. The highest BCUT2D eigenvalue weighted by molar-refractivity contribution is 5.88. The fourth-order valence-electron chi connectivity index (χ4n) is 1.80. The van der Waals surface area contributed by atoms with E-state index in [9.17, 15) is 30.7 Å². The molecule has 7 heteroatoms. The molecule has 19 heavy (non-hydrogen) atoms. The summed E-state index contributed by atoms with van der Waals surface area (Å²) in [6, 6.07) is 0. The molecule has 0 nitrogen and oxygen atoms in total. The summed E-state index contributed by atoms with van der Waals surface area (Å²) in [4.78, 5) is 0. The molecule has 0 saturated carbocycles. The van der Waals surface area contributed by atoms with Crippen molar-refractivity contribution in [2.45, 2.75) is 6.42 Å². The second-order valence-electron chi connectivity index (χ2n) is 3.68. The minimum Gasteiger partial charge on any atom is -0.203 e. The summed E-state index contributed by atoms with van der Waals surface area (Å²) in [5.41, 5.74) is -0.871. The van der Waals surface area contributed by atoms with Gasteiger partial charge in [0, 0.05) is 10.9 Å². The lowest BCUT2D eigenvalue weighted by atomic mass is 9.99. The van der Waals surface area contributed by atoms with Crippen molar-refractivity contribution in [1.82, 2.24) is 0 Å². The monoisotopic (exact) mass is 281 g/mol. The molecule has 2 aromatic carbocycles. The van der Waals surface area contributed by atoms with Gasteiger partial charge in [-0.1, -0.05) is 0 Å². The lowest BCUT2D eigenvalue weighted by Gasteiger charge is -2.11. The number of hydrogen-bond donors (Lipinski definition) is 0. The van der Waals surface area contributed by atoms with Gasteiger partial charge in [0.25, 0.3) is 0 Å². The minimum atomic E-state index is -2.30. The van der Waals surface area contributed by atoms with Crippen molar-refractivity contribution in [2.75, 3.05) is 0 Å². The first kappa shape index (κ1) is 13.6. The molecule has 2 rings (SSSR count). The highest BCUT2D eigenvalue weighted by atomic mass is 19.2. The van der Waals surface area contributed by atoms with Gasteiger partial charge in [-0.3, -0.25) is 0 Å². The van der Waals surface area contributed by atoms with Gasteiger partial charge in [-0.05, 0) is 13.3 Å². The molecule has 0 N–H and O–H groups in total. The first-order valence-electron chi connectivity index (χ1n) is 4.93. The van der Waals surface area contributed by atoms with Gasteiger partial charge in [-0.2, -0.15) is 0 Å². The fourth-order valence-corrected chi connectivity index (χ4v) is 1.80. The third-order valence-corrected chi connectivity index (χ3v) is 2.69. The largest absolute Gasteiger partial charge is 0.203 e. The second kappa shape index (κ2) is 4.40. The summed E-state index contributed by atoms with van der Waals surface area (Å²) < 4.78 is 92.9. The number of halogens is 7. The van der Waals surface area contributed by atoms with Gasteiger partial charge < -0.3 is 0 Å². The van der Waals surface area contributed by atoms with Crippen LogP contribution in [0, 0.1) is 47.6 Å². The smallest absolute Gasteiger partial charge is 0.198 e. The zero-order chi connectivity index (χ0) is 14.5. The normalized spacial score (nSPS) is 11.4. The number of fused-ring (bicyclic) bond motifs is 1. The molecule has 0 fully saturated rings. The fraction of sp³-hybridized carbons (Fsp3) is 0.0833. The van der Waals surface area contributed by atoms with E-state index < -0.39 is 63.5 Å². The maximum Gasteiger partial charge on any atom is 0.198 e. The highest BCUT2D eigenvalue weighted by Crippen LogP contribution is 2.34. The van der Waals surface area contributed by atoms with Crippen molar-refractivity contribution in [1.29, 1.82) is 0 Å². The van der Waals surface area contributed by atoms with Crippen LogP contribution in [-0.2, 0) is 6.42 Å². The molecular weight excluding hydrogens is 277 g/mol. The molecule has 0 aliphatic heterocycles. The average molecular weight is 281 g/mol. The summed E-state index contributed by atoms with van der Waals surface area (Å²) in [5.74, 6) is -14.7. The van der Waals surface area contributed by atoms with Gasteiger partial charge in [0.15, 0.2) is 40.7 Å². The van der Waals surface area contributed by atoms with Crippen LogP contribution in [0.25, 0.3) is 10.8 Å². The van der Waals surface area contributed by atoms with Crippen LogP contribution >= 0.6 is 0 Å². The third kappa shape index (κ3) is 1.67. The Hall–Kier alpha value is -1.79. The van der Waals surface area contributed by atoms with Gasteiger partial charge >= 0.3 is 0 Å². The molecule has 0 bridgehead atoms. The topological polar surface area (TPSA) is 0 Å². The van der Waals surface area contributed by atoms with E-state index in [0.717, 1.165) is 0 Å². The lowest BCUT2D eigenvalue weighted by Crippen LogP contribution is -2.07. The van der Waals surface area contributed by atoms with E-state index in [4.69, 9.17) is 0 Å². The van der Waals surface area contributed by atoms with E-state index in [1.807, 2.05) is 0 Å². The van der Waals surface area contributed by atoms with Gasteiger partial charge in [0.05, 0.1) is 5.39 Å². The van der Waals surface area contributed by atoms with Crippen molar-refractivity contribution >= 4 is 10.8 Å². The van der Waals surface area contributed by atoms with Crippen LogP contribution in [0.5, 0.6) is 0 Å². The molecule has 0 atom stereocenters. The van der Waals surface area contributed by atoms with E-state index in [0.29, 0.717) is 0 Å². The molecule has 101 valence electrons. The van der Waals surface area contributed by atoms with Crippen LogP contribution in [0.15, 0.2) is 0 Å². The van der Waals surface area contributed by atoms with Crippen LogP contribution in [0.2, 0.25) is 0 Å². The van der Waals surface area contributed by atoms with E-state index in [1.165, 1.54) is 0 Å². The number of benzene rings is 2. The Balaban J connectivity index is 3.21. The van der Waals surface area contributed by atoms with E-state index >= 15 is 0 Å². The summed E-state index contributed by atoms with van der Waals surface area (Å²) in [6.07, 6.45) is -0.610. The summed E-state index contributed by atoms with van der Waals surface area (Å²) in [7, 11) is 0. The molecule has 2 aromatic rings. The highest BCUT2D eigenvalue weighted by Gasteiger charge is 2.29. The summed E-state index contributed by atoms with van der Waals surface area (Å²) in [5, 5.41) is -2.67. The predicted octanol–water partition coefficient (Wildman–Crippen LogP) is 4.19. The molecule has 1 radical (unpaired) electrons. The minimum absolute atomic E-state index is 0.610. The Morgan fingerprint density at radius 2 is 0.895 bits per heavy atom. The van der Waals surface area contributed by atoms with Gasteiger partial charge in [0.2, 0.25) is 0 Å². The van der Waals surface area contributed by atoms with Crippen LogP contribution in [-0.4, -0.2) is 0 Å². The van der Waals surface area contributed by atoms with Gasteiger partial charge in [-0.25, -0.2) is 30.7 Å². The van der Waals surface area contributed by atoms with Gasteiger partial charge in [-0.15, -0.1) is 0 Å². The van der Waals surface area contributed by atoms with Crippen molar-refractivity contribution in [3.05, 3.63) is 53.2 Å². The maximum atomic E-state index is 13.5. The average Bonchev–Trinajstić information content (AvgIpc) is 2.40. The molecule has 0 aliphatic carbocycles. The Kier molecular flexibility index (Phi) is 3.15. The quantitative estimate of drug-likeness (QED) is 0.417. The van der Waals surface area contributed by atoms with Crippen molar-refractivity contribution in [3.8, 4) is 0 Å². The van der Waals surface area contributed by atoms with Crippen molar-refractivity contribution < 1.29 is 30.7 Å². The molecule has 0 aliphatic rings. The first-order valence-corrected chi connectivity index (χ1v) is 4.93. The number of rotatable bonds is 1. The van der Waals surface area contributed by atoms with Crippen molar-refractivity contribution in [2.24, 2.45) is 0 Å². The van der Waals surface area contributed by atoms with E-state index in [1.54, 1.807) is 0 Å². The zero-order valence-electron chi connectivity index (χ0n) is 9.06. The second-order valence-corrected chi connectivity index (χ2v) is 3.68. The molecule has 0 saturated heterocycles. The molecular formula is C12H4F7. The Morgan fingerprint density at radius 3 is 1.32 bits per heavy atom. The lowest BCUT2D eigenvalue weighted by molar-refractivity contribution is 0.409. The zero-order valence-corrected chi connectivity index (χ0v) is 9.06. The Labute approximate surface area is 102 Å². The van der Waals surface area contributed by atoms with Crippen LogP contribution in [0.1, 0.15) is 5.56 Å². The molecule has 0 amide bonds. The molecule has 0 unspecified atom stereocenters. The van der Waals surface area contributed by atoms with E-state index in [-0.39, 0.29) is 0 Å². The molecule has 0 aromatic heterocycles. The summed E-state index contributed by atoms with van der Waals surface area (Å²) in [6.45, 7) is 3.13. The summed E-state index contributed by atoms with van der Waals surface area (Å²) >= 11 is 0. The Bertz CT molecular complexity index is 683. The SMILES string of the molecule is [CH2]Cc1c(F)c(F)c(F)c2c(F)c(F)c(F)c(F)c12. The van der Waals surface area contributed by atoms with Gasteiger partial charge in [0.1, 0.15) is 0 Å². The molecule has 0 heterocycles. The van der Waals surface area contributed by atoms with Crippen LogP contribution in [0.3, 0.4) is 0 Å². The standard InChI is InChI=1S/C12H4F7/c1-2-3-4-5(8(15)10(17)6(3)13)9(16)12(19)11(18)7(4)14/h1-2H2. The maximum absolute atomic E-state index is 13.5. The Morgan fingerprint density at radius 1 is 0.526 bits per heavy atom. The van der Waals surface area contributed by atoms with Crippen LogP contribution < -0.4 is 0 Å². The van der Waals surface area contributed by atoms with Crippen LogP contribution in [0.4, 0.5) is 30.7 Å². The first-order chi connectivity index (χ1) is 8.82. The van der Waals surface area contributed by atoms with E-state index in [2.05, 4.69) is 6.92 Å². The predicted molar refractivity (Wildman–Crippen MR) is 52.7 cm³/mol. The third-order valence-electron chi connectivity index (χ3n) is 2.69.